The van der Waals surface area contributed by atoms with Gasteiger partial charge in [-0.15, -0.1) is 0 Å². The van der Waals surface area contributed by atoms with Gasteiger partial charge in [0, 0.05) is 11.7 Å². The van der Waals surface area contributed by atoms with Gasteiger partial charge in [0.05, 0.1) is 17.7 Å². The van der Waals surface area contributed by atoms with Gasteiger partial charge in [-0.2, -0.15) is 5.10 Å². The summed E-state index contributed by atoms with van der Waals surface area (Å²) in [6.45, 7) is 1.07. The summed E-state index contributed by atoms with van der Waals surface area (Å²) in [5.74, 6) is -1.48. The van der Waals surface area contributed by atoms with Crippen LogP contribution in [0.15, 0.2) is 17.3 Å². The second-order valence-corrected chi connectivity index (χ2v) is 9.14. The highest BCUT2D eigenvalue weighted by Crippen LogP contribution is 2.25. The fourth-order valence-corrected chi connectivity index (χ4v) is 5.75. The number of nitrogens with one attached hydrogen (secondary N) is 1. The number of aromatic nitrogens is 2. The van der Waals surface area contributed by atoms with Gasteiger partial charge in [-0.1, -0.05) is 0 Å². The van der Waals surface area contributed by atoms with Crippen LogP contribution in [0.2, 0.25) is 0 Å². The number of aliphatic carboxylic acids is 1. The summed E-state index contributed by atoms with van der Waals surface area (Å²) in [4.78, 5) is 10.3. The lowest BCUT2D eigenvalue weighted by Crippen LogP contribution is -2.46. The predicted octanol–water partition coefficient (Wildman–Crippen LogP) is -1.18. The Morgan fingerprint density at radius 3 is 2.76 bits per heavy atom. The minimum absolute atomic E-state index is 0.0652. The molecule has 1 unspecified atom stereocenters. The molecule has 0 amide bonds. The molecule has 0 spiro atoms. The van der Waals surface area contributed by atoms with Gasteiger partial charge in [0.25, 0.3) is 0 Å². The Labute approximate surface area is 121 Å². The van der Waals surface area contributed by atoms with Crippen molar-refractivity contribution in [1.82, 2.24) is 14.5 Å². The summed E-state index contributed by atoms with van der Waals surface area (Å²) in [7, 11) is -7.20. The van der Waals surface area contributed by atoms with Crippen LogP contribution in [0.1, 0.15) is 13.3 Å². The average Bonchev–Trinajstić information content (AvgIpc) is 2.82. The molecule has 1 aliphatic heterocycles. The zero-order valence-electron chi connectivity index (χ0n) is 11.2. The van der Waals surface area contributed by atoms with E-state index in [0.29, 0.717) is 0 Å². The molecule has 0 bridgehead atoms. The van der Waals surface area contributed by atoms with Crippen molar-refractivity contribution in [2.75, 3.05) is 11.5 Å². The summed E-state index contributed by atoms with van der Waals surface area (Å²) >= 11 is 0. The number of sulfonamides is 1. The zero-order chi connectivity index (χ0) is 15.9. The molecule has 1 aromatic heterocycles. The van der Waals surface area contributed by atoms with Crippen LogP contribution >= 0.6 is 0 Å². The summed E-state index contributed by atoms with van der Waals surface area (Å²) < 4.78 is 50.7. The lowest BCUT2D eigenvalue weighted by Gasteiger charge is -2.22. The van der Waals surface area contributed by atoms with Gasteiger partial charge in [0.15, 0.2) is 9.84 Å². The molecule has 118 valence electrons. The quantitative estimate of drug-likeness (QED) is 0.690. The molecule has 1 saturated heterocycles. The number of sulfone groups is 1. The van der Waals surface area contributed by atoms with E-state index in [0.717, 1.165) is 17.1 Å². The number of rotatable bonds is 5. The van der Waals surface area contributed by atoms with E-state index >= 15 is 0 Å². The Bertz CT molecular complexity index is 766. The van der Waals surface area contributed by atoms with Crippen LogP contribution in [0.4, 0.5) is 0 Å². The maximum atomic E-state index is 12.2. The van der Waals surface area contributed by atoms with Gasteiger partial charge in [0.1, 0.15) is 11.4 Å². The van der Waals surface area contributed by atoms with Gasteiger partial charge in [0.2, 0.25) is 10.0 Å². The molecule has 2 N–H and O–H groups in total. The Balaban J connectivity index is 2.19. The van der Waals surface area contributed by atoms with E-state index in [4.69, 9.17) is 5.11 Å². The first kappa shape index (κ1) is 15.9. The normalized spacial score (nSPS) is 25.0. The standard InChI is InChI=1S/C10H15N3O6S2/c1-10(2-3-20(16,17)7-10)12-21(18,19)8-4-11-13(5-8)6-9(14)15/h4-5,12H,2-3,6-7H2,1H3,(H,14,15). The molecular weight excluding hydrogens is 322 g/mol. The molecule has 1 atom stereocenters. The van der Waals surface area contributed by atoms with Crippen molar-refractivity contribution in [3.05, 3.63) is 12.4 Å². The number of hydrogen-bond acceptors (Lipinski definition) is 6. The average molecular weight is 337 g/mol. The van der Waals surface area contributed by atoms with E-state index in [1.165, 1.54) is 6.92 Å². The van der Waals surface area contributed by atoms with Crippen LogP contribution in [0, 0.1) is 0 Å². The zero-order valence-corrected chi connectivity index (χ0v) is 12.8. The second-order valence-electron chi connectivity index (χ2n) is 5.28. The highest BCUT2D eigenvalue weighted by molar-refractivity contribution is 7.92. The van der Waals surface area contributed by atoms with Crippen LogP contribution < -0.4 is 4.72 Å². The lowest BCUT2D eigenvalue weighted by molar-refractivity contribution is -0.137. The SMILES string of the molecule is CC1(NS(=O)(=O)c2cnn(CC(=O)O)c2)CCS(=O)(=O)C1. The number of carboxylic acids is 1. The third kappa shape index (κ3) is 3.80. The van der Waals surface area contributed by atoms with Crippen molar-refractivity contribution in [3.63, 3.8) is 0 Å². The second kappa shape index (κ2) is 5.07. The molecule has 0 aliphatic carbocycles. The van der Waals surface area contributed by atoms with Gasteiger partial charge in [-0.25, -0.2) is 21.6 Å². The Hall–Kier alpha value is -1.46. The summed E-state index contributed by atoms with van der Waals surface area (Å²) in [5, 5.41) is 12.3. The molecule has 9 nitrogen and oxygen atoms in total. The van der Waals surface area contributed by atoms with Crippen molar-refractivity contribution in [2.24, 2.45) is 0 Å². The maximum absolute atomic E-state index is 12.2. The van der Waals surface area contributed by atoms with Gasteiger partial charge in [-0.3, -0.25) is 9.48 Å². The first-order valence-corrected chi connectivity index (χ1v) is 9.31. The van der Waals surface area contributed by atoms with Crippen LogP contribution in [0.3, 0.4) is 0 Å². The Morgan fingerprint density at radius 1 is 1.57 bits per heavy atom. The minimum Gasteiger partial charge on any atom is -0.480 e. The monoisotopic (exact) mass is 337 g/mol. The third-order valence-corrected chi connectivity index (χ3v) is 6.60. The van der Waals surface area contributed by atoms with E-state index in [1.807, 2.05) is 0 Å². The van der Waals surface area contributed by atoms with Crippen molar-refractivity contribution in [3.8, 4) is 0 Å². The van der Waals surface area contributed by atoms with Gasteiger partial charge >= 0.3 is 5.97 Å². The van der Waals surface area contributed by atoms with Crippen molar-refractivity contribution >= 4 is 25.8 Å². The molecule has 1 fully saturated rings. The van der Waals surface area contributed by atoms with Crippen LogP contribution in [-0.4, -0.2) is 54.7 Å². The first-order valence-electron chi connectivity index (χ1n) is 6.00. The van der Waals surface area contributed by atoms with E-state index in [9.17, 15) is 21.6 Å². The largest absolute Gasteiger partial charge is 0.480 e. The molecule has 1 aromatic rings. The van der Waals surface area contributed by atoms with Crippen molar-refractivity contribution in [1.29, 1.82) is 0 Å². The van der Waals surface area contributed by atoms with Crippen LogP contribution in [0.5, 0.6) is 0 Å². The molecule has 21 heavy (non-hydrogen) atoms. The van der Waals surface area contributed by atoms with Gasteiger partial charge < -0.3 is 5.11 Å². The molecule has 0 radical (unpaired) electrons. The Kier molecular flexibility index (Phi) is 3.84. The molecule has 2 heterocycles. The number of carbonyl (C=O) groups is 1. The highest BCUT2D eigenvalue weighted by atomic mass is 32.2. The summed E-state index contributed by atoms with van der Waals surface area (Å²) in [6, 6.07) is 0. The Morgan fingerprint density at radius 2 is 2.24 bits per heavy atom. The molecule has 2 rings (SSSR count). The molecule has 11 heteroatoms. The molecule has 0 saturated carbocycles. The van der Waals surface area contributed by atoms with Crippen LogP contribution in [0.25, 0.3) is 0 Å². The van der Waals surface area contributed by atoms with E-state index in [-0.39, 0.29) is 22.8 Å². The van der Waals surface area contributed by atoms with E-state index < -0.39 is 37.9 Å². The van der Waals surface area contributed by atoms with Crippen molar-refractivity contribution < 1.29 is 26.7 Å². The fourth-order valence-electron chi connectivity index (χ4n) is 2.18. The molecular formula is C10H15N3O6S2. The smallest absolute Gasteiger partial charge is 0.325 e. The fraction of sp³-hybridized carbons (Fsp3) is 0.600. The lowest BCUT2D eigenvalue weighted by atomic mass is 10.0. The number of hydrogen-bond donors (Lipinski definition) is 2. The van der Waals surface area contributed by atoms with E-state index in [2.05, 4.69) is 9.82 Å². The highest BCUT2D eigenvalue weighted by Gasteiger charge is 2.41. The van der Waals surface area contributed by atoms with Crippen LogP contribution in [-0.2, 0) is 31.2 Å². The predicted molar refractivity (Wildman–Crippen MR) is 71.9 cm³/mol. The summed E-state index contributed by atoms with van der Waals surface area (Å²) in [5.41, 5.74) is -1.06. The maximum Gasteiger partial charge on any atom is 0.325 e. The topological polar surface area (TPSA) is 135 Å². The van der Waals surface area contributed by atoms with Crippen molar-refractivity contribution in [2.45, 2.75) is 30.3 Å². The first-order chi connectivity index (χ1) is 9.51. The molecule has 0 aromatic carbocycles. The van der Waals surface area contributed by atoms with E-state index in [1.54, 1.807) is 0 Å². The minimum atomic E-state index is -3.96. The molecule has 1 aliphatic rings. The number of nitrogens with zero attached hydrogens (tertiary/aromatic N) is 2. The number of carboxylic acid groups (broad SMARTS) is 1. The summed E-state index contributed by atoms with van der Waals surface area (Å²) in [6.07, 6.45) is 2.30. The third-order valence-electron chi connectivity index (χ3n) is 3.10. The van der Waals surface area contributed by atoms with Gasteiger partial charge in [-0.05, 0) is 13.3 Å².